The third-order valence-electron chi connectivity index (χ3n) is 4.10. The Bertz CT molecular complexity index is 983. The van der Waals surface area contributed by atoms with E-state index in [1.165, 1.54) is 0 Å². The summed E-state index contributed by atoms with van der Waals surface area (Å²) in [7, 11) is 1.98. The van der Waals surface area contributed by atoms with Gasteiger partial charge < -0.3 is 9.64 Å². The van der Waals surface area contributed by atoms with E-state index in [9.17, 15) is 0 Å². The van der Waals surface area contributed by atoms with Crippen molar-refractivity contribution >= 4 is 12.0 Å². The SMILES string of the molecule is CCN(C)/C=N/c1ccc(Oc2ccn(-c3ccc(C#N)cc3)n2)c(C)c1. The highest BCUT2D eigenvalue weighted by molar-refractivity contribution is 5.62. The van der Waals surface area contributed by atoms with Crippen LogP contribution >= 0.6 is 0 Å². The van der Waals surface area contributed by atoms with Gasteiger partial charge in [0.2, 0.25) is 5.88 Å². The number of aliphatic imine (C=N–C) groups is 1. The molecule has 0 bridgehead atoms. The molecule has 1 heterocycles. The van der Waals surface area contributed by atoms with Crippen LogP contribution in [0.2, 0.25) is 0 Å². The molecule has 0 saturated heterocycles. The molecule has 0 N–H and O–H groups in total. The summed E-state index contributed by atoms with van der Waals surface area (Å²) in [6, 6.07) is 16.9. The lowest BCUT2D eigenvalue weighted by Gasteiger charge is -2.09. The Kier molecular flexibility index (Phi) is 5.53. The molecular formula is C21H21N5O. The Balaban J connectivity index is 1.73. The van der Waals surface area contributed by atoms with Crippen LogP contribution in [0.25, 0.3) is 5.69 Å². The van der Waals surface area contributed by atoms with Gasteiger partial charge in [-0.25, -0.2) is 9.67 Å². The fourth-order valence-electron chi connectivity index (χ4n) is 2.38. The van der Waals surface area contributed by atoms with E-state index in [1.54, 1.807) is 22.9 Å². The van der Waals surface area contributed by atoms with E-state index >= 15 is 0 Å². The number of nitrogens with zero attached hydrogens (tertiary/aromatic N) is 5. The van der Waals surface area contributed by atoms with E-state index in [0.717, 1.165) is 29.2 Å². The molecule has 3 rings (SSSR count). The van der Waals surface area contributed by atoms with E-state index in [1.807, 2.05) is 61.7 Å². The number of aryl methyl sites for hydroxylation is 1. The highest BCUT2D eigenvalue weighted by Gasteiger charge is 2.07. The Morgan fingerprint density at radius 2 is 2.00 bits per heavy atom. The highest BCUT2D eigenvalue weighted by atomic mass is 16.5. The van der Waals surface area contributed by atoms with Gasteiger partial charge in [-0.3, -0.25) is 0 Å². The normalized spacial score (nSPS) is 10.7. The van der Waals surface area contributed by atoms with Crippen LogP contribution in [0.3, 0.4) is 0 Å². The zero-order valence-corrected chi connectivity index (χ0v) is 15.6. The number of benzene rings is 2. The van der Waals surface area contributed by atoms with Crippen molar-refractivity contribution in [2.45, 2.75) is 13.8 Å². The van der Waals surface area contributed by atoms with Crippen molar-refractivity contribution in [3.8, 4) is 23.4 Å². The topological polar surface area (TPSA) is 66.4 Å². The van der Waals surface area contributed by atoms with Gasteiger partial charge in [0.15, 0.2) is 0 Å². The highest BCUT2D eigenvalue weighted by Crippen LogP contribution is 2.27. The molecule has 0 unspecified atom stereocenters. The molecule has 0 aliphatic rings. The summed E-state index contributed by atoms with van der Waals surface area (Å²) in [5, 5.41) is 13.3. The first-order valence-corrected chi connectivity index (χ1v) is 8.68. The molecule has 0 radical (unpaired) electrons. The monoisotopic (exact) mass is 359 g/mol. The van der Waals surface area contributed by atoms with Crippen molar-refractivity contribution in [2.24, 2.45) is 4.99 Å². The zero-order chi connectivity index (χ0) is 19.2. The minimum absolute atomic E-state index is 0.504. The summed E-state index contributed by atoms with van der Waals surface area (Å²) >= 11 is 0. The molecular weight excluding hydrogens is 338 g/mol. The molecule has 0 spiro atoms. The van der Waals surface area contributed by atoms with Crippen molar-refractivity contribution in [1.29, 1.82) is 5.26 Å². The standard InChI is InChI=1S/C21H21N5O/c1-4-25(3)15-23-18-7-10-20(16(2)13-18)27-21-11-12-26(24-21)19-8-5-17(14-22)6-9-19/h5-13,15H,4H2,1-3H3/b23-15+. The molecule has 3 aromatic rings. The Morgan fingerprint density at radius 1 is 1.22 bits per heavy atom. The van der Waals surface area contributed by atoms with Crippen molar-refractivity contribution in [3.63, 3.8) is 0 Å². The maximum absolute atomic E-state index is 8.88. The minimum Gasteiger partial charge on any atom is -0.437 e. The van der Waals surface area contributed by atoms with E-state index < -0.39 is 0 Å². The molecule has 136 valence electrons. The Hall–Kier alpha value is -3.59. The van der Waals surface area contributed by atoms with Crippen LogP contribution < -0.4 is 4.74 Å². The Labute approximate surface area is 159 Å². The van der Waals surface area contributed by atoms with Gasteiger partial charge in [-0.15, -0.1) is 5.10 Å². The van der Waals surface area contributed by atoms with Crippen LogP contribution in [0.5, 0.6) is 11.6 Å². The lowest BCUT2D eigenvalue weighted by atomic mass is 10.2. The fraction of sp³-hybridized carbons (Fsp3) is 0.190. The predicted molar refractivity (Wildman–Crippen MR) is 106 cm³/mol. The second kappa shape index (κ2) is 8.19. The number of nitriles is 1. The second-order valence-electron chi connectivity index (χ2n) is 6.13. The summed E-state index contributed by atoms with van der Waals surface area (Å²) in [5.41, 5.74) is 3.34. The van der Waals surface area contributed by atoms with Crippen LogP contribution in [0, 0.1) is 18.3 Å². The molecule has 0 aliphatic carbocycles. The largest absolute Gasteiger partial charge is 0.437 e. The molecule has 1 aromatic heterocycles. The smallest absolute Gasteiger partial charge is 0.238 e. The first-order chi connectivity index (χ1) is 13.1. The molecule has 0 amide bonds. The maximum atomic E-state index is 8.88. The van der Waals surface area contributed by atoms with Crippen LogP contribution in [0.15, 0.2) is 59.7 Å². The van der Waals surface area contributed by atoms with Gasteiger partial charge in [0.25, 0.3) is 0 Å². The van der Waals surface area contributed by atoms with Crippen molar-refractivity contribution in [1.82, 2.24) is 14.7 Å². The first-order valence-electron chi connectivity index (χ1n) is 8.68. The van der Waals surface area contributed by atoms with Gasteiger partial charge in [0.05, 0.1) is 29.3 Å². The number of hydrogen-bond acceptors (Lipinski definition) is 4. The fourth-order valence-corrected chi connectivity index (χ4v) is 2.38. The quantitative estimate of drug-likeness (QED) is 0.481. The van der Waals surface area contributed by atoms with Crippen LogP contribution in [-0.2, 0) is 0 Å². The van der Waals surface area contributed by atoms with E-state index in [2.05, 4.69) is 23.1 Å². The minimum atomic E-state index is 0.504. The van der Waals surface area contributed by atoms with Crippen LogP contribution in [-0.4, -0.2) is 34.6 Å². The summed E-state index contributed by atoms with van der Waals surface area (Å²) in [6.45, 7) is 4.96. The van der Waals surface area contributed by atoms with Gasteiger partial charge in [0, 0.05) is 25.9 Å². The van der Waals surface area contributed by atoms with E-state index in [-0.39, 0.29) is 0 Å². The molecule has 6 heteroatoms. The maximum Gasteiger partial charge on any atom is 0.238 e. The molecule has 0 aliphatic heterocycles. The lowest BCUT2D eigenvalue weighted by molar-refractivity contribution is 0.454. The number of ether oxygens (including phenoxy) is 1. The third kappa shape index (κ3) is 4.53. The van der Waals surface area contributed by atoms with Gasteiger partial charge in [-0.1, -0.05) is 0 Å². The summed E-state index contributed by atoms with van der Waals surface area (Å²) in [4.78, 5) is 6.46. The average Bonchev–Trinajstić information content (AvgIpc) is 3.16. The van der Waals surface area contributed by atoms with Crippen molar-refractivity contribution < 1.29 is 4.74 Å². The Morgan fingerprint density at radius 3 is 2.67 bits per heavy atom. The van der Waals surface area contributed by atoms with Crippen LogP contribution in [0.4, 0.5) is 5.69 Å². The van der Waals surface area contributed by atoms with Crippen molar-refractivity contribution in [3.05, 3.63) is 65.9 Å². The van der Waals surface area contributed by atoms with E-state index in [4.69, 9.17) is 10.00 Å². The number of hydrogen-bond donors (Lipinski definition) is 0. The van der Waals surface area contributed by atoms with E-state index in [0.29, 0.717) is 11.4 Å². The first kappa shape index (κ1) is 18.2. The predicted octanol–water partition coefficient (Wildman–Crippen LogP) is 4.46. The summed E-state index contributed by atoms with van der Waals surface area (Å²) in [6.07, 6.45) is 3.64. The average molecular weight is 359 g/mol. The second-order valence-corrected chi connectivity index (χ2v) is 6.13. The van der Waals surface area contributed by atoms with Gasteiger partial charge in [-0.05, 0) is 61.9 Å². The van der Waals surface area contributed by atoms with Gasteiger partial charge in [-0.2, -0.15) is 5.26 Å². The third-order valence-corrected chi connectivity index (χ3v) is 4.10. The van der Waals surface area contributed by atoms with Crippen LogP contribution in [0.1, 0.15) is 18.1 Å². The lowest BCUT2D eigenvalue weighted by Crippen LogP contribution is -2.14. The number of aromatic nitrogens is 2. The molecule has 2 aromatic carbocycles. The summed E-state index contributed by atoms with van der Waals surface area (Å²) < 4.78 is 7.62. The number of rotatable bonds is 6. The molecule has 27 heavy (non-hydrogen) atoms. The molecule has 0 fully saturated rings. The molecule has 0 saturated carbocycles. The van der Waals surface area contributed by atoms with Gasteiger partial charge >= 0.3 is 0 Å². The van der Waals surface area contributed by atoms with Gasteiger partial charge in [0.1, 0.15) is 5.75 Å². The molecule has 0 atom stereocenters. The molecule has 6 nitrogen and oxygen atoms in total. The summed E-state index contributed by atoms with van der Waals surface area (Å²) in [5.74, 6) is 1.24. The zero-order valence-electron chi connectivity index (χ0n) is 15.6. The van der Waals surface area contributed by atoms with Crippen molar-refractivity contribution in [2.75, 3.05) is 13.6 Å².